The Morgan fingerprint density at radius 3 is 2.50 bits per heavy atom. The number of aromatic nitrogens is 3. The van der Waals surface area contributed by atoms with Gasteiger partial charge in [0, 0.05) is 37.3 Å². The fraction of sp³-hybridized carbons (Fsp3) is 0.500. The second-order valence-corrected chi connectivity index (χ2v) is 7.96. The van der Waals surface area contributed by atoms with Crippen molar-refractivity contribution in [3.8, 4) is 6.07 Å². The molecule has 2 aromatic rings. The molecule has 136 valence electrons. The van der Waals surface area contributed by atoms with Gasteiger partial charge in [-0.25, -0.2) is 9.97 Å². The van der Waals surface area contributed by atoms with E-state index in [-0.39, 0.29) is 11.0 Å². The molecule has 0 aliphatic carbocycles. The zero-order valence-corrected chi connectivity index (χ0v) is 15.6. The normalized spacial score (nSPS) is 15.7. The zero-order chi connectivity index (χ0) is 18.7. The number of hydrogen-bond donors (Lipinski definition) is 0. The molecular formula is C20H25N5O. The summed E-state index contributed by atoms with van der Waals surface area (Å²) in [4.78, 5) is 23.5. The lowest BCUT2D eigenvalue weighted by atomic mass is 9.92. The summed E-state index contributed by atoms with van der Waals surface area (Å²) >= 11 is 0. The molecule has 1 aliphatic heterocycles. The van der Waals surface area contributed by atoms with E-state index >= 15 is 0 Å². The topological polar surface area (TPSA) is 74.8 Å². The summed E-state index contributed by atoms with van der Waals surface area (Å²) in [5.41, 5.74) is 1.33. The molecule has 0 amide bonds. The average Bonchev–Trinajstić information content (AvgIpc) is 2.63. The van der Waals surface area contributed by atoms with Gasteiger partial charge >= 0.3 is 0 Å². The van der Waals surface area contributed by atoms with Gasteiger partial charge < -0.3 is 4.90 Å². The van der Waals surface area contributed by atoms with Crippen molar-refractivity contribution in [2.75, 3.05) is 18.0 Å². The highest BCUT2D eigenvalue weighted by Gasteiger charge is 2.22. The molecule has 0 saturated carbocycles. The van der Waals surface area contributed by atoms with Crippen LogP contribution in [0.1, 0.15) is 44.9 Å². The van der Waals surface area contributed by atoms with E-state index in [1.54, 1.807) is 29.2 Å². The molecule has 0 N–H and O–H groups in total. The molecule has 26 heavy (non-hydrogen) atoms. The number of rotatable bonds is 3. The van der Waals surface area contributed by atoms with Gasteiger partial charge in [0.15, 0.2) is 0 Å². The molecule has 6 heteroatoms. The van der Waals surface area contributed by atoms with E-state index in [0.29, 0.717) is 18.0 Å². The summed E-state index contributed by atoms with van der Waals surface area (Å²) in [7, 11) is 0. The SMILES string of the molecule is CC(C)(C)c1cc(=O)n(CC2CCN(c3ccc(C#N)cn3)CC2)cn1. The van der Waals surface area contributed by atoms with Gasteiger partial charge in [-0.1, -0.05) is 20.8 Å². The second kappa shape index (κ2) is 7.28. The molecule has 1 saturated heterocycles. The Bertz CT molecular complexity index is 849. The van der Waals surface area contributed by atoms with Crippen LogP contribution in [0.5, 0.6) is 0 Å². The highest BCUT2D eigenvalue weighted by atomic mass is 16.1. The Morgan fingerprint density at radius 2 is 1.96 bits per heavy atom. The first-order valence-corrected chi connectivity index (χ1v) is 9.05. The minimum atomic E-state index is -0.113. The van der Waals surface area contributed by atoms with Crippen LogP contribution in [0, 0.1) is 17.2 Å². The summed E-state index contributed by atoms with van der Waals surface area (Å²) in [5, 5.41) is 8.86. The molecule has 0 spiro atoms. The number of pyridine rings is 1. The molecule has 0 atom stereocenters. The number of anilines is 1. The molecule has 0 radical (unpaired) electrons. The van der Waals surface area contributed by atoms with E-state index in [1.165, 1.54) is 0 Å². The highest BCUT2D eigenvalue weighted by molar-refractivity contribution is 5.42. The van der Waals surface area contributed by atoms with E-state index in [0.717, 1.165) is 37.4 Å². The summed E-state index contributed by atoms with van der Waals surface area (Å²) in [6, 6.07) is 7.46. The molecule has 2 aromatic heterocycles. The molecule has 0 bridgehead atoms. The monoisotopic (exact) mass is 351 g/mol. The third-order valence-electron chi connectivity index (χ3n) is 4.92. The average molecular weight is 351 g/mol. The third kappa shape index (κ3) is 4.10. The van der Waals surface area contributed by atoms with Crippen LogP contribution in [0.4, 0.5) is 5.82 Å². The van der Waals surface area contributed by atoms with Gasteiger partial charge in [0.2, 0.25) is 0 Å². The highest BCUT2D eigenvalue weighted by Crippen LogP contribution is 2.23. The van der Waals surface area contributed by atoms with Gasteiger partial charge in [-0.3, -0.25) is 9.36 Å². The molecule has 3 rings (SSSR count). The summed E-state index contributed by atoms with van der Waals surface area (Å²) in [5.74, 6) is 1.38. The van der Waals surface area contributed by atoms with Crippen molar-refractivity contribution < 1.29 is 0 Å². The number of piperidine rings is 1. The van der Waals surface area contributed by atoms with Gasteiger partial charge in [0.05, 0.1) is 17.6 Å². The van der Waals surface area contributed by atoms with Crippen molar-refractivity contribution in [3.05, 3.63) is 52.3 Å². The standard InChI is InChI=1S/C20H25N5O/c1-20(2,3)17-10-19(26)25(14-23-17)13-15-6-8-24(9-7-15)18-5-4-16(11-21)12-22-18/h4-5,10,12,14-15H,6-9,13H2,1-3H3. The lowest BCUT2D eigenvalue weighted by Crippen LogP contribution is -2.37. The fourth-order valence-corrected chi connectivity index (χ4v) is 3.24. The Balaban J connectivity index is 1.60. The van der Waals surface area contributed by atoms with Crippen molar-refractivity contribution in [2.24, 2.45) is 5.92 Å². The van der Waals surface area contributed by atoms with Crippen LogP contribution in [-0.4, -0.2) is 27.6 Å². The van der Waals surface area contributed by atoms with Gasteiger partial charge in [-0.05, 0) is 30.9 Å². The largest absolute Gasteiger partial charge is 0.357 e. The number of nitrogens with zero attached hydrogens (tertiary/aromatic N) is 5. The minimum absolute atomic E-state index is 0.0288. The van der Waals surface area contributed by atoms with Gasteiger partial charge in [0.1, 0.15) is 11.9 Å². The number of nitriles is 1. The van der Waals surface area contributed by atoms with Gasteiger partial charge in [0.25, 0.3) is 5.56 Å². The molecule has 1 fully saturated rings. The summed E-state index contributed by atoms with van der Waals surface area (Å²) < 4.78 is 1.73. The predicted octanol–water partition coefficient (Wildman–Crippen LogP) is 2.72. The molecule has 3 heterocycles. The maximum absolute atomic E-state index is 12.4. The van der Waals surface area contributed by atoms with Crippen LogP contribution >= 0.6 is 0 Å². The smallest absolute Gasteiger partial charge is 0.253 e. The van der Waals surface area contributed by atoms with E-state index < -0.39 is 0 Å². The van der Waals surface area contributed by atoms with E-state index in [1.807, 2.05) is 6.07 Å². The molecule has 0 unspecified atom stereocenters. The van der Waals surface area contributed by atoms with E-state index in [2.05, 4.69) is 41.7 Å². The van der Waals surface area contributed by atoms with Crippen molar-refractivity contribution in [1.29, 1.82) is 5.26 Å². The number of hydrogen-bond acceptors (Lipinski definition) is 5. The third-order valence-corrected chi connectivity index (χ3v) is 4.92. The van der Waals surface area contributed by atoms with Crippen molar-refractivity contribution >= 4 is 5.82 Å². The molecule has 6 nitrogen and oxygen atoms in total. The first-order valence-electron chi connectivity index (χ1n) is 9.05. The predicted molar refractivity (Wildman–Crippen MR) is 101 cm³/mol. The van der Waals surface area contributed by atoms with Crippen LogP contribution in [0.3, 0.4) is 0 Å². The summed E-state index contributed by atoms with van der Waals surface area (Å²) in [6.07, 6.45) is 5.32. The van der Waals surface area contributed by atoms with E-state index in [4.69, 9.17) is 5.26 Å². The van der Waals surface area contributed by atoms with Crippen molar-refractivity contribution in [2.45, 2.75) is 45.6 Å². The van der Waals surface area contributed by atoms with Crippen LogP contribution in [0.25, 0.3) is 0 Å². The quantitative estimate of drug-likeness (QED) is 0.850. The first-order chi connectivity index (χ1) is 12.4. The molecule has 1 aliphatic rings. The maximum atomic E-state index is 12.4. The van der Waals surface area contributed by atoms with Crippen LogP contribution in [0.15, 0.2) is 35.5 Å². The van der Waals surface area contributed by atoms with Crippen LogP contribution < -0.4 is 10.5 Å². The van der Waals surface area contributed by atoms with Crippen LogP contribution in [-0.2, 0) is 12.0 Å². The maximum Gasteiger partial charge on any atom is 0.253 e. The Kier molecular flexibility index (Phi) is 5.08. The van der Waals surface area contributed by atoms with Crippen molar-refractivity contribution in [1.82, 2.24) is 14.5 Å². The molecular weight excluding hydrogens is 326 g/mol. The van der Waals surface area contributed by atoms with Gasteiger partial charge in [-0.2, -0.15) is 5.26 Å². The summed E-state index contributed by atoms with van der Waals surface area (Å²) in [6.45, 7) is 8.71. The van der Waals surface area contributed by atoms with Gasteiger partial charge in [-0.15, -0.1) is 0 Å². The lowest BCUT2D eigenvalue weighted by Gasteiger charge is -2.33. The Labute approximate surface area is 154 Å². The zero-order valence-electron chi connectivity index (χ0n) is 15.6. The minimum Gasteiger partial charge on any atom is -0.357 e. The fourth-order valence-electron chi connectivity index (χ4n) is 3.24. The lowest BCUT2D eigenvalue weighted by molar-refractivity contribution is 0.349. The van der Waals surface area contributed by atoms with Crippen LogP contribution in [0.2, 0.25) is 0 Å². The molecule has 0 aromatic carbocycles. The Morgan fingerprint density at radius 1 is 1.23 bits per heavy atom. The van der Waals surface area contributed by atoms with Crippen molar-refractivity contribution in [3.63, 3.8) is 0 Å². The Hall–Kier alpha value is -2.68. The van der Waals surface area contributed by atoms with E-state index in [9.17, 15) is 4.79 Å². The first kappa shape index (κ1) is 18.1. The second-order valence-electron chi connectivity index (χ2n) is 7.96.